The van der Waals surface area contributed by atoms with Gasteiger partial charge in [0.15, 0.2) is 0 Å². The Morgan fingerprint density at radius 1 is 0.848 bits per heavy atom. The number of carbonyl (C=O) groups is 2. The molecule has 1 aromatic heterocycles. The molecular weight excluding hydrogens is 414 g/mol. The molecule has 0 bridgehead atoms. The van der Waals surface area contributed by atoms with Crippen LogP contribution in [0.3, 0.4) is 0 Å². The van der Waals surface area contributed by atoms with Crippen molar-refractivity contribution >= 4 is 28.4 Å². The molecule has 0 fully saturated rings. The monoisotopic (exact) mass is 439 g/mol. The molecule has 2 amide bonds. The van der Waals surface area contributed by atoms with Gasteiger partial charge in [-0.2, -0.15) is 0 Å². The summed E-state index contributed by atoms with van der Waals surface area (Å²) >= 11 is 0. The van der Waals surface area contributed by atoms with E-state index in [0.717, 1.165) is 22.4 Å². The summed E-state index contributed by atoms with van der Waals surface area (Å²) in [6, 6.07) is 23.8. The molecule has 0 radical (unpaired) electrons. The lowest BCUT2D eigenvalue weighted by Crippen LogP contribution is -2.31. The van der Waals surface area contributed by atoms with Crippen LogP contribution in [-0.4, -0.2) is 16.4 Å². The predicted molar refractivity (Wildman–Crippen MR) is 130 cm³/mol. The number of nitrogens with zero attached hydrogens (tertiary/aromatic N) is 1. The number of aryl methyl sites for hydroxylation is 2. The SMILES string of the molecule is Cc1cccc(C)c1NC(=O)Cn1c(=O)cc(C(=O)NCc2ccccc2)c2ccccc21. The lowest BCUT2D eigenvalue weighted by molar-refractivity contribution is -0.116. The van der Waals surface area contributed by atoms with Crippen LogP contribution in [0.5, 0.6) is 0 Å². The molecule has 0 aliphatic carbocycles. The highest BCUT2D eigenvalue weighted by molar-refractivity contribution is 6.06. The molecule has 6 nitrogen and oxygen atoms in total. The molecule has 0 aliphatic heterocycles. The zero-order valence-corrected chi connectivity index (χ0v) is 18.6. The van der Waals surface area contributed by atoms with E-state index in [2.05, 4.69) is 10.6 Å². The van der Waals surface area contributed by atoms with Gasteiger partial charge in [-0.3, -0.25) is 19.0 Å². The van der Waals surface area contributed by atoms with E-state index in [1.165, 1.54) is 10.6 Å². The normalized spacial score (nSPS) is 10.7. The summed E-state index contributed by atoms with van der Waals surface area (Å²) in [7, 11) is 0. The molecule has 166 valence electrons. The average molecular weight is 440 g/mol. The van der Waals surface area contributed by atoms with Crippen molar-refractivity contribution in [3.05, 3.63) is 111 Å². The Hall–Kier alpha value is -4.19. The second kappa shape index (κ2) is 9.53. The van der Waals surface area contributed by atoms with Crippen LogP contribution in [0, 0.1) is 13.8 Å². The van der Waals surface area contributed by atoms with Gasteiger partial charge in [0.1, 0.15) is 6.54 Å². The molecule has 0 atom stereocenters. The molecule has 2 N–H and O–H groups in total. The highest BCUT2D eigenvalue weighted by Gasteiger charge is 2.17. The highest BCUT2D eigenvalue weighted by atomic mass is 16.2. The zero-order valence-electron chi connectivity index (χ0n) is 18.6. The molecular formula is C27H25N3O3. The first-order valence-electron chi connectivity index (χ1n) is 10.7. The predicted octanol–water partition coefficient (Wildman–Crippen LogP) is 4.19. The fourth-order valence-electron chi connectivity index (χ4n) is 3.89. The third kappa shape index (κ3) is 4.85. The summed E-state index contributed by atoms with van der Waals surface area (Å²) in [5, 5.41) is 6.40. The van der Waals surface area contributed by atoms with E-state index in [4.69, 9.17) is 0 Å². The van der Waals surface area contributed by atoms with Crippen molar-refractivity contribution in [2.45, 2.75) is 26.9 Å². The molecule has 0 aliphatic rings. The zero-order chi connectivity index (χ0) is 23.4. The van der Waals surface area contributed by atoms with Crippen molar-refractivity contribution in [3.63, 3.8) is 0 Å². The molecule has 3 aromatic carbocycles. The van der Waals surface area contributed by atoms with Crippen molar-refractivity contribution in [2.24, 2.45) is 0 Å². The van der Waals surface area contributed by atoms with Crippen LogP contribution in [-0.2, 0) is 17.9 Å². The Kier molecular flexibility index (Phi) is 6.36. The van der Waals surface area contributed by atoms with Crippen molar-refractivity contribution in [1.82, 2.24) is 9.88 Å². The van der Waals surface area contributed by atoms with Crippen LogP contribution in [0.2, 0.25) is 0 Å². The van der Waals surface area contributed by atoms with Gasteiger partial charge in [-0.05, 0) is 36.6 Å². The first kappa shape index (κ1) is 22.0. The van der Waals surface area contributed by atoms with Crippen LogP contribution in [0.15, 0.2) is 83.7 Å². The summed E-state index contributed by atoms with van der Waals surface area (Å²) < 4.78 is 1.40. The summed E-state index contributed by atoms with van der Waals surface area (Å²) in [6.45, 7) is 4.05. The summed E-state index contributed by atoms with van der Waals surface area (Å²) in [5.41, 5.74) is 4.03. The van der Waals surface area contributed by atoms with Crippen LogP contribution in [0.1, 0.15) is 27.0 Å². The Morgan fingerprint density at radius 2 is 1.52 bits per heavy atom. The summed E-state index contributed by atoms with van der Waals surface area (Å²) in [4.78, 5) is 38.7. The number of pyridine rings is 1. The van der Waals surface area contributed by atoms with Crippen molar-refractivity contribution in [1.29, 1.82) is 0 Å². The van der Waals surface area contributed by atoms with Gasteiger partial charge >= 0.3 is 0 Å². The maximum atomic E-state index is 13.0. The summed E-state index contributed by atoms with van der Waals surface area (Å²) in [6.07, 6.45) is 0. The number of nitrogens with one attached hydrogen (secondary N) is 2. The van der Waals surface area contributed by atoms with E-state index in [-0.39, 0.29) is 23.9 Å². The maximum absolute atomic E-state index is 13.0. The van der Waals surface area contributed by atoms with Gasteiger partial charge in [-0.25, -0.2) is 0 Å². The van der Waals surface area contributed by atoms with Gasteiger partial charge in [-0.15, -0.1) is 0 Å². The largest absolute Gasteiger partial charge is 0.348 e. The quantitative estimate of drug-likeness (QED) is 0.473. The minimum atomic E-state index is -0.407. The fourth-order valence-corrected chi connectivity index (χ4v) is 3.89. The van der Waals surface area contributed by atoms with Gasteiger partial charge in [0.25, 0.3) is 11.5 Å². The van der Waals surface area contributed by atoms with Crippen LogP contribution < -0.4 is 16.2 Å². The molecule has 4 aromatic rings. The molecule has 0 saturated carbocycles. The number of hydrogen-bond acceptors (Lipinski definition) is 3. The number of para-hydroxylation sites is 2. The molecule has 0 unspecified atom stereocenters. The molecule has 1 heterocycles. The average Bonchev–Trinajstić information content (AvgIpc) is 2.82. The van der Waals surface area contributed by atoms with Crippen LogP contribution >= 0.6 is 0 Å². The van der Waals surface area contributed by atoms with E-state index < -0.39 is 5.56 Å². The molecule has 6 heteroatoms. The van der Waals surface area contributed by atoms with Crippen molar-refractivity contribution in [2.75, 3.05) is 5.32 Å². The van der Waals surface area contributed by atoms with E-state index >= 15 is 0 Å². The van der Waals surface area contributed by atoms with Gasteiger partial charge in [0.05, 0.1) is 11.1 Å². The smallest absolute Gasteiger partial charge is 0.252 e. The number of hydrogen-bond donors (Lipinski definition) is 2. The Bertz CT molecular complexity index is 1370. The first-order valence-corrected chi connectivity index (χ1v) is 10.7. The van der Waals surface area contributed by atoms with E-state index in [1.807, 2.05) is 68.4 Å². The molecule has 33 heavy (non-hydrogen) atoms. The Morgan fingerprint density at radius 3 is 2.24 bits per heavy atom. The highest BCUT2D eigenvalue weighted by Crippen LogP contribution is 2.20. The molecule has 0 saturated heterocycles. The number of rotatable bonds is 6. The van der Waals surface area contributed by atoms with E-state index in [9.17, 15) is 14.4 Å². The minimum absolute atomic E-state index is 0.154. The number of amides is 2. The Balaban J connectivity index is 1.61. The fraction of sp³-hybridized carbons (Fsp3) is 0.148. The topological polar surface area (TPSA) is 80.2 Å². The van der Waals surface area contributed by atoms with Crippen molar-refractivity contribution < 1.29 is 9.59 Å². The van der Waals surface area contributed by atoms with Crippen molar-refractivity contribution in [3.8, 4) is 0 Å². The standard InChI is InChI=1S/C27H25N3O3/c1-18-9-8-10-19(2)26(18)29-24(31)17-30-23-14-7-6-13-21(23)22(15-25(30)32)27(33)28-16-20-11-4-3-5-12-20/h3-15H,16-17H2,1-2H3,(H,28,33)(H,29,31). The third-order valence-corrected chi connectivity index (χ3v) is 5.61. The molecule has 0 spiro atoms. The van der Waals surface area contributed by atoms with Gasteiger partial charge < -0.3 is 10.6 Å². The minimum Gasteiger partial charge on any atom is -0.348 e. The second-order valence-electron chi connectivity index (χ2n) is 7.98. The number of anilines is 1. The molecule has 4 rings (SSSR count). The lowest BCUT2D eigenvalue weighted by atomic mass is 10.1. The maximum Gasteiger partial charge on any atom is 0.252 e. The van der Waals surface area contributed by atoms with E-state index in [0.29, 0.717) is 17.4 Å². The van der Waals surface area contributed by atoms with Crippen LogP contribution in [0.4, 0.5) is 5.69 Å². The van der Waals surface area contributed by atoms with Gasteiger partial charge in [-0.1, -0.05) is 66.7 Å². The second-order valence-corrected chi connectivity index (χ2v) is 7.98. The number of aromatic nitrogens is 1. The first-order chi connectivity index (χ1) is 15.9. The Labute approximate surface area is 191 Å². The lowest BCUT2D eigenvalue weighted by Gasteiger charge is -2.15. The van der Waals surface area contributed by atoms with E-state index in [1.54, 1.807) is 18.2 Å². The van der Waals surface area contributed by atoms with Gasteiger partial charge in [0, 0.05) is 23.7 Å². The number of carbonyl (C=O) groups excluding carboxylic acids is 2. The van der Waals surface area contributed by atoms with Gasteiger partial charge in [0.2, 0.25) is 5.91 Å². The number of benzene rings is 3. The van der Waals surface area contributed by atoms with Crippen LogP contribution in [0.25, 0.3) is 10.9 Å². The third-order valence-electron chi connectivity index (χ3n) is 5.61. The summed E-state index contributed by atoms with van der Waals surface area (Å²) in [5.74, 6) is -0.639. The number of fused-ring (bicyclic) bond motifs is 1.